The van der Waals surface area contributed by atoms with Crippen LogP contribution in [-0.2, 0) is 6.54 Å². The first-order valence-electron chi connectivity index (χ1n) is 6.89. The van der Waals surface area contributed by atoms with Gasteiger partial charge in [0, 0.05) is 38.8 Å². The fourth-order valence-electron chi connectivity index (χ4n) is 2.50. The molecule has 106 valence electrons. The summed E-state index contributed by atoms with van der Waals surface area (Å²) in [5, 5.41) is 0. The molecule has 1 saturated heterocycles. The first-order valence-corrected chi connectivity index (χ1v) is 7.68. The molecule has 1 aliphatic rings. The van der Waals surface area contributed by atoms with Crippen molar-refractivity contribution in [3.05, 3.63) is 28.2 Å². The lowest BCUT2D eigenvalue weighted by molar-refractivity contribution is 0.104. The molecular formula is C15H23BrN2O. The van der Waals surface area contributed by atoms with Crippen LogP contribution in [0, 0.1) is 0 Å². The van der Waals surface area contributed by atoms with Gasteiger partial charge in [-0.1, -0.05) is 6.07 Å². The fraction of sp³-hybridized carbons (Fsp3) is 0.600. The lowest BCUT2D eigenvalue weighted by Gasteiger charge is -2.37. The number of halogens is 1. The Kier molecular flexibility index (Phi) is 5.25. The van der Waals surface area contributed by atoms with Crippen LogP contribution in [0.4, 0.5) is 0 Å². The minimum absolute atomic E-state index is 0.664. The normalized spacial score (nSPS) is 17.9. The molecule has 1 heterocycles. The fourth-order valence-corrected chi connectivity index (χ4v) is 3.09. The second-order valence-electron chi connectivity index (χ2n) is 5.37. The van der Waals surface area contributed by atoms with E-state index in [2.05, 4.69) is 51.7 Å². The predicted octanol–water partition coefficient (Wildman–Crippen LogP) is 2.98. The van der Waals surface area contributed by atoms with Crippen LogP contribution in [0.2, 0.25) is 0 Å². The molecule has 0 radical (unpaired) electrons. The number of hydrogen-bond acceptors (Lipinski definition) is 3. The Balaban J connectivity index is 1.90. The van der Waals surface area contributed by atoms with E-state index < -0.39 is 0 Å². The zero-order valence-corrected chi connectivity index (χ0v) is 13.6. The van der Waals surface area contributed by atoms with E-state index in [0.717, 1.165) is 29.9 Å². The van der Waals surface area contributed by atoms with Crippen LogP contribution in [0.15, 0.2) is 22.7 Å². The smallest absolute Gasteiger partial charge is 0.133 e. The summed E-state index contributed by atoms with van der Waals surface area (Å²) >= 11 is 3.55. The standard InChI is InChI=1S/C15H23BrN2O/c1-12(2)18-8-6-17(7-9-18)11-13-4-5-15(19-3)14(16)10-13/h4-5,10,12H,6-9,11H2,1-3H3. The van der Waals surface area contributed by atoms with E-state index in [0.29, 0.717) is 6.04 Å². The highest BCUT2D eigenvalue weighted by Crippen LogP contribution is 2.26. The average molecular weight is 327 g/mol. The van der Waals surface area contributed by atoms with Crippen LogP contribution < -0.4 is 4.74 Å². The third-order valence-electron chi connectivity index (χ3n) is 3.76. The van der Waals surface area contributed by atoms with Crippen LogP contribution in [0.25, 0.3) is 0 Å². The zero-order chi connectivity index (χ0) is 13.8. The second kappa shape index (κ2) is 6.73. The molecule has 2 rings (SSSR count). The summed E-state index contributed by atoms with van der Waals surface area (Å²) in [5.41, 5.74) is 1.34. The summed E-state index contributed by atoms with van der Waals surface area (Å²) in [6.45, 7) is 10.2. The molecule has 0 aromatic heterocycles. The van der Waals surface area contributed by atoms with E-state index in [1.807, 2.05) is 6.07 Å². The third-order valence-corrected chi connectivity index (χ3v) is 4.38. The van der Waals surface area contributed by atoms with E-state index in [1.54, 1.807) is 7.11 Å². The van der Waals surface area contributed by atoms with Gasteiger partial charge in [-0.3, -0.25) is 9.80 Å². The summed E-state index contributed by atoms with van der Waals surface area (Å²) in [4.78, 5) is 5.06. The van der Waals surface area contributed by atoms with Gasteiger partial charge < -0.3 is 4.74 Å². The van der Waals surface area contributed by atoms with Crippen molar-refractivity contribution >= 4 is 15.9 Å². The van der Waals surface area contributed by atoms with Gasteiger partial charge in [0.15, 0.2) is 0 Å². The Morgan fingerprint density at radius 1 is 1.21 bits per heavy atom. The Labute approximate surface area is 124 Å². The van der Waals surface area contributed by atoms with Crippen molar-refractivity contribution in [1.82, 2.24) is 9.80 Å². The van der Waals surface area contributed by atoms with E-state index in [1.165, 1.54) is 18.7 Å². The predicted molar refractivity (Wildman–Crippen MR) is 82.7 cm³/mol. The molecule has 0 aliphatic carbocycles. The van der Waals surface area contributed by atoms with Gasteiger partial charge in [-0.05, 0) is 47.5 Å². The molecule has 0 saturated carbocycles. The van der Waals surface area contributed by atoms with E-state index in [9.17, 15) is 0 Å². The monoisotopic (exact) mass is 326 g/mol. The SMILES string of the molecule is COc1ccc(CN2CCN(C(C)C)CC2)cc1Br. The topological polar surface area (TPSA) is 15.7 Å². The van der Waals surface area contributed by atoms with Crippen LogP contribution in [0.1, 0.15) is 19.4 Å². The molecule has 3 nitrogen and oxygen atoms in total. The highest BCUT2D eigenvalue weighted by atomic mass is 79.9. The number of methoxy groups -OCH3 is 1. The molecule has 1 aliphatic heterocycles. The molecule has 0 N–H and O–H groups in total. The van der Waals surface area contributed by atoms with Crippen molar-refractivity contribution in [3.63, 3.8) is 0 Å². The van der Waals surface area contributed by atoms with Gasteiger partial charge in [-0.25, -0.2) is 0 Å². The summed E-state index contributed by atoms with van der Waals surface area (Å²) in [7, 11) is 1.70. The van der Waals surface area contributed by atoms with Crippen LogP contribution >= 0.6 is 15.9 Å². The molecular weight excluding hydrogens is 304 g/mol. The Bertz CT molecular complexity index is 415. The molecule has 1 fully saturated rings. The van der Waals surface area contributed by atoms with Crippen LogP contribution in [0.5, 0.6) is 5.75 Å². The molecule has 0 spiro atoms. The number of rotatable bonds is 4. The van der Waals surface area contributed by atoms with E-state index in [4.69, 9.17) is 4.74 Å². The summed E-state index contributed by atoms with van der Waals surface area (Å²) in [6, 6.07) is 7.01. The highest BCUT2D eigenvalue weighted by Gasteiger charge is 2.18. The van der Waals surface area contributed by atoms with Gasteiger partial charge in [0.2, 0.25) is 0 Å². The van der Waals surface area contributed by atoms with Crippen molar-refractivity contribution < 1.29 is 4.74 Å². The maximum atomic E-state index is 5.26. The molecule has 0 bridgehead atoms. The molecule has 19 heavy (non-hydrogen) atoms. The lowest BCUT2D eigenvalue weighted by atomic mass is 10.2. The van der Waals surface area contributed by atoms with Crippen molar-refractivity contribution in [2.45, 2.75) is 26.4 Å². The summed E-state index contributed by atoms with van der Waals surface area (Å²) in [5.74, 6) is 0.897. The van der Waals surface area contributed by atoms with Gasteiger partial charge in [0.05, 0.1) is 11.6 Å². The third kappa shape index (κ3) is 3.94. The Hall–Kier alpha value is -0.580. The van der Waals surface area contributed by atoms with Gasteiger partial charge in [0.25, 0.3) is 0 Å². The van der Waals surface area contributed by atoms with Gasteiger partial charge in [-0.15, -0.1) is 0 Å². The van der Waals surface area contributed by atoms with Crippen molar-refractivity contribution in [2.75, 3.05) is 33.3 Å². The van der Waals surface area contributed by atoms with Crippen molar-refractivity contribution in [3.8, 4) is 5.75 Å². The molecule has 0 atom stereocenters. The number of benzene rings is 1. The van der Waals surface area contributed by atoms with Crippen molar-refractivity contribution in [2.24, 2.45) is 0 Å². The van der Waals surface area contributed by atoms with Crippen molar-refractivity contribution in [1.29, 1.82) is 0 Å². The Morgan fingerprint density at radius 3 is 2.42 bits per heavy atom. The molecule has 1 aromatic rings. The highest BCUT2D eigenvalue weighted by molar-refractivity contribution is 9.10. The number of hydrogen-bond donors (Lipinski definition) is 0. The summed E-state index contributed by atoms with van der Waals surface area (Å²) < 4.78 is 6.30. The van der Waals surface area contributed by atoms with E-state index >= 15 is 0 Å². The minimum Gasteiger partial charge on any atom is -0.496 e. The largest absolute Gasteiger partial charge is 0.496 e. The summed E-state index contributed by atoms with van der Waals surface area (Å²) in [6.07, 6.45) is 0. The molecule has 0 amide bonds. The number of ether oxygens (including phenoxy) is 1. The quantitative estimate of drug-likeness (QED) is 0.846. The second-order valence-corrected chi connectivity index (χ2v) is 6.23. The molecule has 4 heteroatoms. The van der Waals surface area contributed by atoms with Crippen LogP contribution in [0.3, 0.4) is 0 Å². The van der Waals surface area contributed by atoms with Crippen LogP contribution in [-0.4, -0.2) is 49.1 Å². The maximum absolute atomic E-state index is 5.26. The minimum atomic E-state index is 0.664. The zero-order valence-electron chi connectivity index (χ0n) is 12.0. The Morgan fingerprint density at radius 2 is 1.89 bits per heavy atom. The lowest BCUT2D eigenvalue weighted by Crippen LogP contribution is -2.48. The van der Waals surface area contributed by atoms with Gasteiger partial charge >= 0.3 is 0 Å². The first kappa shape index (κ1) is 14.8. The maximum Gasteiger partial charge on any atom is 0.133 e. The van der Waals surface area contributed by atoms with E-state index in [-0.39, 0.29) is 0 Å². The van der Waals surface area contributed by atoms with Gasteiger partial charge in [-0.2, -0.15) is 0 Å². The molecule has 1 aromatic carbocycles. The first-order chi connectivity index (χ1) is 9.10. The molecule has 0 unspecified atom stereocenters. The number of nitrogens with zero attached hydrogens (tertiary/aromatic N) is 2. The average Bonchev–Trinajstić information content (AvgIpc) is 2.39. The van der Waals surface area contributed by atoms with Gasteiger partial charge in [0.1, 0.15) is 5.75 Å². The number of piperazine rings is 1.